The van der Waals surface area contributed by atoms with Gasteiger partial charge in [-0.05, 0) is 32.1 Å². The second kappa shape index (κ2) is 5.50. The molecule has 1 N–H and O–H groups in total. The first-order valence-electron chi connectivity index (χ1n) is 7.52. The minimum atomic E-state index is -0.894. The average Bonchev–Trinajstić information content (AvgIpc) is 3.02. The molecule has 1 amide bonds. The van der Waals surface area contributed by atoms with Crippen LogP contribution in [0.3, 0.4) is 0 Å². The molecule has 1 aliphatic heterocycles. The summed E-state index contributed by atoms with van der Waals surface area (Å²) >= 11 is 0. The first kappa shape index (κ1) is 14.1. The van der Waals surface area contributed by atoms with Gasteiger partial charge in [-0.15, -0.1) is 0 Å². The first-order chi connectivity index (χ1) is 10.1. The molecule has 0 bridgehead atoms. The second-order valence-corrected chi connectivity index (χ2v) is 6.11. The summed E-state index contributed by atoms with van der Waals surface area (Å²) in [7, 11) is 0. The van der Waals surface area contributed by atoms with Crippen LogP contribution in [0.15, 0.2) is 10.6 Å². The lowest BCUT2D eigenvalue weighted by molar-refractivity contribution is -0.149. The fourth-order valence-corrected chi connectivity index (χ4v) is 3.79. The van der Waals surface area contributed by atoms with E-state index in [0.29, 0.717) is 23.8 Å². The molecule has 21 heavy (non-hydrogen) atoms. The number of carbonyl (C=O) groups is 2. The van der Waals surface area contributed by atoms with Crippen LogP contribution < -0.4 is 0 Å². The van der Waals surface area contributed by atoms with Gasteiger partial charge in [0.25, 0.3) is 0 Å². The normalized spacial score (nSPS) is 28.4. The number of nitrogens with zero attached hydrogens (tertiary/aromatic N) is 2. The molecule has 1 aliphatic carbocycles. The van der Waals surface area contributed by atoms with Crippen molar-refractivity contribution in [2.75, 3.05) is 0 Å². The Morgan fingerprint density at radius 3 is 2.86 bits per heavy atom. The second-order valence-electron chi connectivity index (χ2n) is 6.11. The fraction of sp³-hybridized carbons (Fsp3) is 0.667. The molecule has 2 fully saturated rings. The molecule has 2 heterocycles. The van der Waals surface area contributed by atoms with Crippen molar-refractivity contribution in [1.82, 2.24) is 10.1 Å². The highest BCUT2D eigenvalue weighted by molar-refractivity contribution is 5.85. The smallest absolute Gasteiger partial charge is 0.326 e. The number of likely N-dealkylation sites (tertiary alicyclic amines) is 1. The van der Waals surface area contributed by atoms with Gasteiger partial charge in [0.05, 0.1) is 12.1 Å². The largest absolute Gasteiger partial charge is 0.480 e. The zero-order valence-electron chi connectivity index (χ0n) is 12.1. The van der Waals surface area contributed by atoms with Gasteiger partial charge in [0.1, 0.15) is 11.8 Å². The molecule has 1 aromatic rings. The number of hydrogen-bond donors (Lipinski definition) is 1. The number of aryl methyl sites for hydroxylation is 1. The molecule has 3 rings (SSSR count). The van der Waals surface area contributed by atoms with Gasteiger partial charge < -0.3 is 14.5 Å². The van der Waals surface area contributed by atoms with Crippen molar-refractivity contribution in [3.05, 3.63) is 17.5 Å². The van der Waals surface area contributed by atoms with Crippen LogP contribution in [0.5, 0.6) is 0 Å². The SMILES string of the molecule is Cc1cc(CC(=O)N2[C@H](C(=O)O)C[C@@H]3CCCC[C@@H]32)no1. The highest BCUT2D eigenvalue weighted by atomic mass is 16.5. The summed E-state index contributed by atoms with van der Waals surface area (Å²) in [6, 6.07) is 1.13. The molecule has 0 radical (unpaired) electrons. The maximum absolute atomic E-state index is 12.6. The van der Waals surface area contributed by atoms with Crippen LogP contribution in [0.4, 0.5) is 0 Å². The van der Waals surface area contributed by atoms with E-state index in [2.05, 4.69) is 5.16 Å². The Bertz CT molecular complexity index is 554. The molecule has 0 unspecified atom stereocenters. The number of carbonyl (C=O) groups excluding carboxylic acids is 1. The van der Waals surface area contributed by atoms with E-state index in [1.165, 1.54) is 0 Å². The predicted molar refractivity (Wildman–Crippen MR) is 73.6 cm³/mol. The van der Waals surface area contributed by atoms with Gasteiger partial charge in [-0.1, -0.05) is 18.0 Å². The highest BCUT2D eigenvalue weighted by Gasteiger charge is 2.47. The number of rotatable bonds is 3. The summed E-state index contributed by atoms with van der Waals surface area (Å²) < 4.78 is 4.97. The van der Waals surface area contributed by atoms with Crippen LogP contribution in [0.25, 0.3) is 0 Å². The van der Waals surface area contributed by atoms with Crippen molar-refractivity contribution in [3.63, 3.8) is 0 Å². The fourth-order valence-electron chi connectivity index (χ4n) is 3.79. The third-order valence-corrected chi connectivity index (χ3v) is 4.67. The van der Waals surface area contributed by atoms with Crippen molar-refractivity contribution < 1.29 is 19.2 Å². The number of aromatic nitrogens is 1. The Balaban J connectivity index is 1.79. The molecule has 1 saturated carbocycles. The first-order valence-corrected chi connectivity index (χ1v) is 7.52. The summed E-state index contributed by atoms with van der Waals surface area (Å²) in [5.74, 6) is -0.0495. The molecular formula is C15H20N2O4. The lowest BCUT2D eigenvalue weighted by Gasteiger charge is -2.32. The van der Waals surface area contributed by atoms with Crippen LogP contribution in [-0.2, 0) is 16.0 Å². The molecule has 6 heteroatoms. The highest BCUT2D eigenvalue weighted by Crippen LogP contribution is 2.40. The molecule has 3 atom stereocenters. The third-order valence-electron chi connectivity index (χ3n) is 4.67. The predicted octanol–water partition coefficient (Wildman–Crippen LogP) is 1.77. The van der Waals surface area contributed by atoms with E-state index in [1.54, 1.807) is 17.9 Å². The van der Waals surface area contributed by atoms with E-state index in [9.17, 15) is 14.7 Å². The Labute approximate surface area is 123 Å². The Morgan fingerprint density at radius 2 is 2.19 bits per heavy atom. The lowest BCUT2D eigenvalue weighted by atomic mass is 9.84. The quantitative estimate of drug-likeness (QED) is 0.918. The summed E-state index contributed by atoms with van der Waals surface area (Å²) in [5, 5.41) is 13.3. The molecule has 0 aromatic carbocycles. The molecule has 0 spiro atoms. The van der Waals surface area contributed by atoms with Crippen molar-refractivity contribution in [3.8, 4) is 0 Å². The average molecular weight is 292 g/mol. The molecule has 1 saturated heterocycles. The summed E-state index contributed by atoms with van der Waals surface area (Å²) in [6.07, 6.45) is 4.85. The standard InChI is InChI=1S/C15H20N2O4/c1-9-6-11(16-21-9)8-14(18)17-12-5-3-2-4-10(12)7-13(17)15(19)20/h6,10,12-13H,2-5,7-8H2,1H3,(H,19,20)/t10-,12-,13-/m0/s1. The van der Waals surface area contributed by atoms with Crippen LogP contribution in [0.2, 0.25) is 0 Å². The number of amides is 1. The number of fused-ring (bicyclic) bond motifs is 1. The number of hydrogen-bond acceptors (Lipinski definition) is 4. The maximum atomic E-state index is 12.6. The van der Waals surface area contributed by atoms with Gasteiger partial charge in [-0.2, -0.15) is 0 Å². The van der Waals surface area contributed by atoms with Crippen molar-refractivity contribution in [2.45, 2.75) is 57.5 Å². The van der Waals surface area contributed by atoms with Gasteiger partial charge in [-0.3, -0.25) is 4.79 Å². The van der Waals surface area contributed by atoms with Gasteiger partial charge in [-0.25, -0.2) is 4.79 Å². The van der Waals surface area contributed by atoms with Crippen LogP contribution in [-0.4, -0.2) is 39.1 Å². The minimum Gasteiger partial charge on any atom is -0.480 e. The summed E-state index contributed by atoms with van der Waals surface area (Å²) in [5.41, 5.74) is 0.570. The Morgan fingerprint density at radius 1 is 1.43 bits per heavy atom. The zero-order valence-corrected chi connectivity index (χ0v) is 12.1. The third kappa shape index (κ3) is 2.66. The van der Waals surface area contributed by atoms with Gasteiger partial charge in [0.15, 0.2) is 0 Å². The van der Waals surface area contributed by atoms with Crippen molar-refractivity contribution in [2.24, 2.45) is 5.92 Å². The Kier molecular flexibility index (Phi) is 3.69. The van der Waals surface area contributed by atoms with Crippen LogP contribution in [0.1, 0.15) is 43.6 Å². The van der Waals surface area contributed by atoms with Crippen LogP contribution >= 0.6 is 0 Å². The zero-order chi connectivity index (χ0) is 15.0. The van der Waals surface area contributed by atoms with Crippen molar-refractivity contribution >= 4 is 11.9 Å². The van der Waals surface area contributed by atoms with Gasteiger partial charge in [0, 0.05) is 12.1 Å². The van der Waals surface area contributed by atoms with Crippen molar-refractivity contribution in [1.29, 1.82) is 0 Å². The van der Waals surface area contributed by atoms with E-state index < -0.39 is 12.0 Å². The van der Waals surface area contributed by atoms with E-state index in [-0.39, 0.29) is 18.4 Å². The molecule has 114 valence electrons. The van der Waals surface area contributed by atoms with E-state index in [0.717, 1.165) is 25.7 Å². The molecule has 6 nitrogen and oxygen atoms in total. The number of carboxylic acid groups (broad SMARTS) is 1. The number of carboxylic acids is 1. The van der Waals surface area contributed by atoms with E-state index >= 15 is 0 Å². The summed E-state index contributed by atoms with van der Waals surface area (Å²) in [6.45, 7) is 1.77. The lowest BCUT2D eigenvalue weighted by Crippen LogP contribution is -2.46. The summed E-state index contributed by atoms with van der Waals surface area (Å²) in [4.78, 5) is 25.7. The Hall–Kier alpha value is -1.85. The van der Waals surface area contributed by atoms with E-state index in [4.69, 9.17) is 4.52 Å². The monoisotopic (exact) mass is 292 g/mol. The van der Waals surface area contributed by atoms with Crippen LogP contribution in [0, 0.1) is 12.8 Å². The number of aliphatic carboxylic acids is 1. The van der Waals surface area contributed by atoms with Gasteiger partial charge >= 0.3 is 5.97 Å². The molecule has 2 aliphatic rings. The van der Waals surface area contributed by atoms with Gasteiger partial charge in [0.2, 0.25) is 5.91 Å². The van der Waals surface area contributed by atoms with E-state index in [1.807, 2.05) is 0 Å². The topological polar surface area (TPSA) is 83.6 Å². The molecule has 1 aromatic heterocycles. The molecular weight excluding hydrogens is 272 g/mol. The maximum Gasteiger partial charge on any atom is 0.326 e. The minimum absolute atomic E-state index is 0.0837.